The standard InChI is InChI=1S/C17H25NO4S/c1-13(23(3,20)21)17(19)18-10-8-14(9-11-18)12-15-6-4-5-7-16(15)22-2/h4-7,13-14H,8-12H2,1-3H3. The second-order valence-corrected chi connectivity index (χ2v) is 8.62. The van der Waals surface area contributed by atoms with Gasteiger partial charge in [-0.2, -0.15) is 0 Å². The number of sulfone groups is 1. The summed E-state index contributed by atoms with van der Waals surface area (Å²) in [6.07, 6.45) is 3.82. The lowest BCUT2D eigenvalue weighted by Crippen LogP contribution is -2.45. The van der Waals surface area contributed by atoms with E-state index in [1.165, 1.54) is 12.5 Å². The van der Waals surface area contributed by atoms with E-state index in [0.717, 1.165) is 31.3 Å². The molecule has 1 fully saturated rings. The Morgan fingerprint density at radius 3 is 2.48 bits per heavy atom. The van der Waals surface area contributed by atoms with Crippen LogP contribution in [0.4, 0.5) is 0 Å². The number of hydrogen-bond donors (Lipinski definition) is 0. The van der Waals surface area contributed by atoms with Gasteiger partial charge in [0.15, 0.2) is 9.84 Å². The predicted molar refractivity (Wildman–Crippen MR) is 90.3 cm³/mol. The third-order valence-corrected chi connectivity index (χ3v) is 6.10. The summed E-state index contributed by atoms with van der Waals surface area (Å²) in [5.41, 5.74) is 1.18. The summed E-state index contributed by atoms with van der Waals surface area (Å²) in [5, 5.41) is -0.951. The summed E-state index contributed by atoms with van der Waals surface area (Å²) < 4.78 is 28.4. The van der Waals surface area contributed by atoms with Gasteiger partial charge in [-0.1, -0.05) is 18.2 Å². The van der Waals surface area contributed by atoms with Crippen molar-refractivity contribution in [3.8, 4) is 5.75 Å². The Morgan fingerprint density at radius 2 is 1.91 bits per heavy atom. The predicted octanol–water partition coefficient (Wildman–Crippen LogP) is 1.91. The van der Waals surface area contributed by atoms with Crippen molar-refractivity contribution in [2.45, 2.75) is 31.4 Å². The summed E-state index contributed by atoms with van der Waals surface area (Å²) in [5.74, 6) is 1.11. The highest BCUT2D eigenvalue weighted by atomic mass is 32.2. The molecule has 5 nitrogen and oxygen atoms in total. The van der Waals surface area contributed by atoms with Gasteiger partial charge >= 0.3 is 0 Å². The minimum atomic E-state index is -3.33. The van der Waals surface area contributed by atoms with Gasteiger partial charge in [0.1, 0.15) is 11.0 Å². The van der Waals surface area contributed by atoms with Crippen LogP contribution in [-0.2, 0) is 21.1 Å². The number of carbonyl (C=O) groups excluding carboxylic acids is 1. The summed E-state index contributed by atoms with van der Waals surface area (Å²) in [6, 6.07) is 7.99. The molecule has 1 amide bonds. The Hall–Kier alpha value is -1.56. The summed E-state index contributed by atoms with van der Waals surface area (Å²) in [7, 11) is -1.66. The molecular weight excluding hydrogens is 314 g/mol. The van der Waals surface area contributed by atoms with E-state index in [4.69, 9.17) is 4.74 Å². The van der Waals surface area contributed by atoms with Crippen LogP contribution in [0.1, 0.15) is 25.3 Å². The van der Waals surface area contributed by atoms with Crippen LogP contribution in [0, 0.1) is 5.92 Å². The van der Waals surface area contributed by atoms with E-state index in [0.29, 0.717) is 19.0 Å². The van der Waals surface area contributed by atoms with Gasteiger partial charge in [-0.25, -0.2) is 8.42 Å². The van der Waals surface area contributed by atoms with Crippen LogP contribution in [0.5, 0.6) is 5.75 Å². The highest BCUT2D eigenvalue weighted by Crippen LogP contribution is 2.27. The monoisotopic (exact) mass is 339 g/mol. The van der Waals surface area contributed by atoms with E-state index >= 15 is 0 Å². The number of rotatable bonds is 5. The van der Waals surface area contributed by atoms with Crippen molar-refractivity contribution in [3.63, 3.8) is 0 Å². The number of piperidine rings is 1. The molecule has 0 saturated carbocycles. The van der Waals surface area contributed by atoms with Crippen LogP contribution in [-0.4, -0.2) is 50.9 Å². The number of methoxy groups -OCH3 is 1. The smallest absolute Gasteiger partial charge is 0.240 e. The first-order valence-corrected chi connectivity index (χ1v) is 9.88. The lowest BCUT2D eigenvalue weighted by Gasteiger charge is -2.33. The maximum atomic E-state index is 12.2. The van der Waals surface area contributed by atoms with Gasteiger partial charge in [-0.15, -0.1) is 0 Å². The number of para-hydroxylation sites is 1. The van der Waals surface area contributed by atoms with Crippen LogP contribution >= 0.6 is 0 Å². The molecule has 1 unspecified atom stereocenters. The quantitative estimate of drug-likeness (QED) is 0.822. The Labute approximate surface area is 138 Å². The van der Waals surface area contributed by atoms with E-state index < -0.39 is 15.1 Å². The lowest BCUT2D eigenvalue weighted by atomic mass is 9.89. The van der Waals surface area contributed by atoms with Gasteiger partial charge < -0.3 is 9.64 Å². The molecule has 1 aromatic rings. The van der Waals surface area contributed by atoms with Gasteiger partial charge in [0, 0.05) is 19.3 Å². The molecular formula is C17H25NO4S. The van der Waals surface area contributed by atoms with E-state index in [2.05, 4.69) is 6.07 Å². The third kappa shape index (κ3) is 4.47. The second kappa shape index (κ2) is 7.34. The minimum Gasteiger partial charge on any atom is -0.496 e. The van der Waals surface area contributed by atoms with E-state index in [-0.39, 0.29) is 5.91 Å². The summed E-state index contributed by atoms with van der Waals surface area (Å²) in [4.78, 5) is 13.9. The Balaban J connectivity index is 1.93. The molecule has 2 rings (SSSR count). The molecule has 1 atom stereocenters. The SMILES string of the molecule is COc1ccccc1CC1CCN(C(=O)C(C)S(C)(=O)=O)CC1. The number of likely N-dealkylation sites (tertiary alicyclic amines) is 1. The molecule has 1 aromatic carbocycles. The Bertz CT molecular complexity index is 648. The van der Waals surface area contributed by atoms with E-state index in [9.17, 15) is 13.2 Å². The number of ether oxygens (including phenoxy) is 1. The Kier molecular flexibility index (Phi) is 5.68. The average molecular weight is 339 g/mol. The van der Waals surface area contributed by atoms with Gasteiger partial charge in [0.25, 0.3) is 0 Å². The molecule has 0 radical (unpaired) electrons. The van der Waals surface area contributed by atoms with Crippen molar-refractivity contribution >= 4 is 15.7 Å². The normalized spacial score (nSPS) is 17.8. The van der Waals surface area contributed by atoms with Crippen molar-refractivity contribution in [1.29, 1.82) is 0 Å². The molecule has 0 aromatic heterocycles. The zero-order chi connectivity index (χ0) is 17.0. The second-order valence-electron chi connectivity index (χ2n) is 6.26. The zero-order valence-corrected chi connectivity index (χ0v) is 14.8. The van der Waals surface area contributed by atoms with Gasteiger partial charge in [0.2, 0.25) is 5.91 Å². The van der Waals surface area contributed by atoms with Crippen LogP contribution in [0.15, 0.2) is 24.3 Å². The first-order chi connectivity index (χ1) is 10.8. The van der Waals surface area contributed by atoms with Crippen LogP contribution in [0.3, 0.4) is 0 Å². The van der Waals surface area contributed by atoms with Crippen LogP contribution in [0.25, 0.3) is 0 Å². The first kappa shape index (κ1) is 17.8. The van der Waals surface area contributed by atoms with Gasteiger partial charge in [0.05, 0.1) is 7.11 Å². The molecule has 0 N–H and O–H groups in total. The lowest BCUT2D eigenvalue weighted by molar-refractivity contribution is -0.131. The number of nitrogens with zero attached hydrogens (tertiary/aromatic N) is 1. The van der Waals surface area contributed by atoms with Gasteiger partial charge in [-0.3, -0.25) is 4.79 Å². The fraction of sp³-hybridized carbons (Fsp3) is 0.588. The molecule has 23 heavy (non-hydrogen) atoms. The highest BCUT2D eigenvalue weighted by Gasteiger charge is 2.31. The molecule has 128 valence electrons. The highest BCUT2D eigenvalue weighted by molar-refractivity contribution is 7.92. The van der Waals surface area contributed by atoms with Crippen LogP contribution in [0.2, 0.25) is 0 Å². The summed E-state index contributed by atoms with van der Waals surface area (Å²) in [6.45, 7) is 2.72. The van der Waals surface area contributed by atoms with Crippen molar-refractivity contribution in [3.05, 3.63) is 29.8 Å². The fourth-order valence-electron chi connectivity index (χ4n) is 2.98. The molecule has 0 aliphatic carbocycles. The van der Waals surface area contributed by atoms with Crippen molar-refractivity contribution in [1.82, 2.24) is 4.90 Å². The third-order valence-electron chi connectivity index (χ3n) is 4.62. The zero-order valence-electron chi connectivity index (χ0n) is 14.0. The molecule has 1 aliphatic heterocycles. The maximum absolute atomic E-state index is 12.2. The largest absolute Gasteiger partial charge is 0.496 e. The number of benzene rings is 1. The molecule has 1 aliphatic rings. The number of hydrogen-bond acceptors (Lipinski definition) is 4. The molecule has 0 bridgehead atoms. The van der Waals surface area contributed by atoms with Crippen molar-refractivity contribution < 1.29 is 17.9 Å². The average Bonchev–Trinajstić information content (AvgIpc) is 2.54. The van der Waals surface area contributed by atoms with Crippen molar-refractivity contribution in [2.24, 2.45) is 5.92 Å². The molecule has 1 saturated heterocycles. The van der Waals surface area contributed by atoms with Crippen LogP contribution < -0.4 is 4.74 Å². The molecule has 6 heteroatoms. The number of amides is 1. The van der Waals surface area contributed by atoms with Crippen molar-refractivity contribution in [2.75, 3.05) is 26.5 Å². The number of carbonyl (C=O) groups is 1. The van der Waals surface area contributed by atoms with Gasteiger partial charge in [-0.05, 0) is 43.7 Å². The Morgan fingerprint density at radius 1 is 1.30 bits per heavy atom. The van der Waals surface area contributed by atoms with E-state index in [1.807, 2.05) is 18.2 Å². The molecule has 1 heterocycles. The first-order valence-electron chi connectivity index (χ1n) is 7.92. The summed E-state index contributed by atoms with van der Waals surface area (Å²) >= 11 is 0. The van der Waals surface area contributed by atoms with E-state index in [1.54, 1.807) is 12.0 Å². The minimum absolute atomic E-state index is 0.275. The molecule has 0 spiro atoms. The topological polar surface area (TPSA) is 63.7 Å². The fourth-order valence-corrected chi connectivity index (χ4v) is 3.50. The maximum Gasteiger partial charge on any atom is 0.240 e.